The minimum atomic E-state index is -0.537. The number of carbonyl (C=O) groups is 1. The maximum atomic E-state index is 13.1. The molecule has 1 aromatic rings. The number of hydrogen-bond donors (Lipinski definition) is 0. The summed E-state index contributed by atoms with van der Waals surface area (Å²) in [6.45, 7) is 20.6. The summed E-state index contributed by atoms with van der Waals surface area (Å²) >= 11 is 0. The summed E-state index contributed by atoms with van der Waals surface area (Å²) in [5.41, 5.74) is 0.763. The van der Waals surface area contributed by atoms with Crippen LogP contribution in [0, 0.1) is 0 Å². The highest BCUT2D eigenvalue weighted by Gasteiger charge is 2.51. The van der Waals surface area contributed by atoms with Crippen LogP contribution in [0.1, 0.15) is 92.7 Å². The molecule has 0 aliphatic carbocycles. The Morgan fingerprint density at radius 2 is 1.72 bits per heavy atom. The molecule has 0 radical (unpaired) electrons. The molecule has 5 nitrogen and oxygen atoms in total. The Hall–Kier alpha value is -1.79. The van der Waals surface area contributed by atoms with Crippen LogP contribution >= 0.6 is 0 Å². The molecule has 0 N–H and O–H groups in total. The fraction of sp³-hybridized carbons (Fsp3) is 0.654. The van der Waals surface area contributed by atoms with Gasteiger partial charge in [-0.2, -0.15) is 0 Å². The first-order valence-corrected chi connectivity index (χ1v) is 11.9. The van der Waals surface area contributed by atoms with Gasteiger partial charge in [0.1, 0.15) is 5.60 Å². The van der Waals surface area contributed by atoms with Gasteiger partial charge in [0.25, 0.3) is 0 Å². The van der Waals surface area contributed by atoms with Gasteiger partial charge in [-0.15, -0.1) is 6.58 Å². The van der Waals surface area contributed by atoms with Crippen LogP contribution in [0.4, 0.5) is 4.79 Å². The average molecular weight is 443 g/mol. The number of amides is 1. The minimum absolute atomic E-state index is 0.0817. The van der Waals surface area contributed by atoms with Crippen LogP contribution in [0.3, 0.4) is 0 Å². The van der Waals surface area contributed by atoms with Crippen LogP contribution < -0.4 is 5.46 Å². The first kappa shape index (κ1) is 26.5. The van der Waals surface area contributed by atoms with E-state index in [-0.39, 0.29) is 23.3 Å². The molecular formula is C26H42BNO4. The summed E-state index contributed by atoms with van der Waals surface area (Å²) < 4.78 is 18.1. The fourth-order valence-corrected chi connectivity index (χ4v) is 3.66. The van der Waals surface area contributed by atoms with Crippen molar-refractivity contribution in [3.8, 4) is 0 Å². The number of rotatable bonds is 9. The van der Waals surface area contributed by atoms with E-state index in [2.05, 4.69) is 53.3 Å². The number of carbonyl (C=O) groups excluding carboxylic acids is 1. The predicted octanol–water partition coefficient (Wildman–Crippen LogP) is 6.03. The molecule has 0 aromatic heterocycles. The molecule has 1 fully saturated rings. The zero-order valence-corrected chi connectivity index (χ0v) is 21.4. The Bertz CT molecular complexity index is 751. The highest BCUT2D eigenvalue weighted by molar-refractivity contribution is 6.62. The summed E-state index contributed by atoms with van der Waals surface area (Å²) in [7, 11) is -0.400. The van der Waals surface area contributed by atoms with E-state index in [1.807, 2.05) is 43.9 Å². The summed E-state index contributed by atoms with van der Waals surface area (Å²) in [5.74, 6) is 0. The van der Waals surface area contributed by atoms with Gasteiger partial charge in [-0.3, -0.25) is 0 Å². The molecule has 1 aromatic carbocycles. The van der Waals surface area contributed by atoms with Gasteiger partial charge in [0, 0.05) is 6.54 Å². The fourth-order valence-electron chi connectivity index (χ4n) is 3.66. The molecule has 32 heavy (non-hydrogen) atoms. The Morgan fingerprint density at radius 1 is 1.16 bits per heavy atom. The van der Waals surface area contributed by atoms with E-state index in [0.717, 1.165) is 36.7 Å². The Balaban J connectivity index is 2.30. The SMILES string of the molecule is C=CCC[C@@H](c1ccc(B2OC(C)(C)C(C)(C)O2)cc1)N(CCCC)C(=O)OC(C)(C)C. The van der Waals surface area contributed by atoms with Crippen LogP contribution in [0.25, 0.3) is 0 Å². The zero-order chi connectivity index (χ0) is 24.2. The number of hydrogen-bond acceptors (Lipinski definition) is 4. The van der Waals surface area contributed by atoms with E-state index < -0.39 is 12.7 Å². The average Bonchev–Trinajstić information content (AvgIpc) is 2.90. The quantitative estimate of drug-likeness (QED) is 0.345. The molecule has 0 spiro atoms. The number of unbranched alkanes of at least 4 members (excludes halogenated alkanes) is 1. The summed E-state index contributed by atoms with van der Waals surface area (Å²) in [4.78, 5) is 15.0. The van der Waals surface area contributed by atoms with Gasteiger partial charge in [0.15, 0.2) is 0 Å². The van der Waals surface area contributed by atoms with Gasteiger partial charge in [-0.05, 0) is 78.8 Å². The molecule has 0 bridgehead atoms. The third-order valence-corrected chi connectivity index (χ3v) is 6.25. The van der Waals surface area contributed by atoms with Crippen LogP contribution in [-0.4, -0.2) is 41.5 Å². The third kappa shape index (κ3) is 6.61. The van der Waals surface area contributed by atoms with Gasteiger partial charge in [-0.25, -0.2) is 4.79 Å². The molecule has 1 aliphatic rings. The standard InChI is InChI=1S/C26H42BNO4/c1-10-12-14-22(28(19-13-11-2)23(29)30-24(3,4)5)20-15-17-21(18-16-20)27-31-25(6,7)26(8,9)32-27/h10,15-18,22H,1,11-14,19H2,2-9H3/t22-/m0/s1. The Kier molecular flexibility index (Phi) is 8.63. The van der Waals surface area contributed by atoms with Gasteiger partial charge < -0.3 is 18.9 Å². The molecule has 1 atom stereocenters. The smallest absolute Gasteiger partial charge is 0.444 e. The van der Waals surface area contributed by atoms with Gasteiger partial charge in [-0.1, -0.05) is 43.7 Å². The van der Waals surface area contributed by atoms with E-state index in [9.17, 15) is 4.79 Å². The molecule has 0 saturated carbocycles. The second-order valence-electron chi connectivity index (χ2n) is 10.7. The van der Waals surface area contributed by atoms with Crippen molar-refractivity contribution in [2.45, 2.75) is 104 Å². The summed E-state index contributed by atoms with van der Waals surface area (Å²) in [5, 5.41) is 0. The van der Waals surface area contributed by atoms with Crippen molar-refractivity contribution in [3.05, 3.63) is 42.5 Å². The van der Waals surface area contributed by atoms with Gasteiger partial charge in [0.05, 0.1) is 17.2 Å². The van der Waals surface area contributed by atoms with E-state index in [4.69, 9.17) is 14.0 Å². The molecule has 178 valence electrons. The number of allylic oxidation sites excluding steroid dienone is 1. The second kappa shape index (κ2) is 10.4. The Labute approximate surface area is 195 Å². The lowest BCUT2D eigenvalue weighted by Crippen LogP contribution is -2.41. The molecule has 0 unspecified atom stereocenters. The van der Waals surface area contributed by atoms with Gasteiger partial charge in [0.2, 0.25) is 0 Å². The topological polar surface area (TPSA) is 48.0 Å². The predicted molar refractivity (Wildman–Crippen MR) is 132 cm³/mol. The van der Waals surface area contributed by atoms with Crippen molar-refractivity contribution >= 4 is 18.7 Å². The van der Waals surface area contributed by atoms with Crippen LogP contribution in [-0.2, 0) is 14.0 Å². The maximum Gasteiger partial charge on any atom is 0.494 e. The second-order valence-corrected chi connectivity index (χ2v) is 10.7. The molecule has 1 saturated heterocycles. The first-order valence-electron chi connectivity index (χ1n) is 11.9. The van der Waals surface area contributed by atoms with E-state index in [1.54, 1.807) is 0 Å². The van der Waals surface area contributed by atoms with Crippen LogP contribution in [0.15, 0.2) is 36.9 Å². The number of nitrogens with zero attached hydrogens (tertiary/aromatic N) is 1. The van der Waals surface area contributed by atoms with Crippen molar-refractivity contribution in [2.24, 2.45) is 0 Å². The molecule has 1 aliphatic heterocycles. The lowest BCUT2D eigenvalue weighted by atomic mass is 9.78. The monoisotopic (exact) mass is 443 g/mol. The van der Waals surface area contributed by atoms with Crippen molar-refractivity contribution in [1.82, 2.24) is 4.90 Å². The summed E-state index contributed by atoms with van der Waals surface area (Å²) in [6.07, 6.45) is 5.18. The van der Waals surface area contributed by atoms with Crippen molar-refractivity contribution in [3.63, 3.8) is 0 Å². The number of benzene rings is 1. The van der Waals surface area contributed by atoms with E-state index >= 15 is 0 Å². The largest absolute Gasteiger partial charge is 0.494 e. The van der Waals surface area contributed by atoms with Crippen molar-refractivity contribution in [1.29, 1.82) is 0 Å². The normalized spacial score (nSPS) is 18.3. The van der Waals surface area contributed by atoms with Gasteiger partial charge >= 0.3 is 13.2 Å². The highest BCUT2D eigenvalue weighted by atomic mass is 16.7. The van der Waals surface area contributed by atoms with E-state index in [0.29, 0.717) is 6.54 Å². The van der Waals surface area contributed by atoms with Crippen molar-refractivity contribution in [2.75, 3.05) is 6.54 Å². The highest BCUT2D eigenvalue weighted by Crippen LogP contribution is 2.36. The molecular weight excluding hydrogens is 401 g/mol. The first-order chi connectivity index (χ1) is 14.8. The minimum Gasteiger partial charge on any atom is -0.444 e. The molecule has 2 rings (SSSR count). The Morgan fingerprint density at radius 3 is 2.19 bits per heavy atom. The summed E-state index contributed by atoms with van der Waals surface area (Å²) in [6, 6.07) is 8.17. The molecule has 1 heterocycles. The third-order valence-electron chi connectivity index (χ3n) is 6.25. The van der Waals surface area contributed by atoms with Crippen LogP contribution in [0.2, 0.25) is 0 Å². The zero-order valence-electron chi connectivity index (χ0n) is 21.4. The van der Waals surface area contributed by atoms with Crippen molar-refractivity contribution < 1.29 is 18.8 Å². The van der Waals surface area contributed by atoms with Crippen LogP contribution in [0.5, 0.6) is 0 Å². The van der Waals surface area contributed by atoms with E-state index in [1.165, 1.54) is 0 Å². The maximum absolute atomic E-state index is 13.1. The lowest BCUT2D eigenvalue weighted by molar-refractivity contribution is 0.00578. The molecule has 6 heteroatoms. The lowest BCUT2D eigenvalue weighted by Gasteiger charge is -2.34. The molecule has 1 amide bonds. The number of ether oxygens (including phenoxy) is 1.